The fourth-order valence-electron chi connectivity index (χ4n) is 0.608. The van der Waals surface area contributed by atoms with Crippen LogP contribution in [0.1, 0.15) is 12.8 Å². The predicted octanol–water partition coefficient (Wildman–Crippen LogP) is 2.03. The quantitative estimate of drug-likeness (QED) is 0.530. The molecule has 7 heavy (non-hydrogen) atoms. The molecule has 1 rings (SSSR count). The Hall–Kier alpha value is 0.0200. The number of hydrogen-bond donors (Lipinski definition) is 0. The van der Waals surface area contributed by atoms with Crippen LogP contribution in [0.3, 0.4) is 0 Å². The second-order valence-corrected chi connectivity index (χ2v) is 1.99. The molecule has 0 aromatic rings. The van der Waals surface area contributed by atoms with E-state index in [0.717, 1.165) is 18.8 Å². The molecule has 1 aliphatic heterocycles. The Labute approximate surface area is 51.5 Å². The molecule has 0 aliphatic carbocycles. The van der Waals surface area contributed by atoms with Crippen LogP contribution >= 0.6 is 15.9 Å². The van der Waals surface area contributed by atoms with Crippen molar-refractivity contribution in [3.63, 3.8) is 0 Å². The maximum Gasteiger partial charge on any atom is 0.103 e. The first-order chi connectivity index (χ1) is 3.43. The lowest BCUT2D eigenvalue weighted by atomic mass is 10.3. The fourth-order valence-corrected chi connectivity index (χ4v) is 0.969. The normalized spacial score (nSPS) is 25.6. The van der Waals surface area contributed by atoms with Crippen molar-refractivity contribution in [1.82, 2.24) is 0 Å². The summed E-state index contributed by atoms with van der Waals surface area (Å²) in [6.45, 7) is 0.900. The minimum Gasteiger partial charge on any atom is -0.497 e. The van der Waals surface area contributed by atoms with Gasteiger partial charge in [0, 0.05) is 11.4 Å². The van der Waals surface area contributed by atoms with Crippen molar-refractivity contribution in [2.45, 2.75) is 12.8 Å². The molecule has 0 bridgehead atoms. The van der Waals surface area contributed by atoms with Gasteiger partial charge in [-0.05, 0) is 6.42 Å². The maximum atomic E-state index is 5.12. The second-order valence-electron chi connectivity index (χ2n) is 1.53. The minimum absolute atomic E-state index is 0.900. The molecular weight excluding hydrogens is 156 g/mol. The van der Waals surface area contributed by atoms with Crippen LogP contribution in [0.5, 0.6) is 0 Å². The van der Waals surface area contributed by atoms with Crippen LogP contribution in [0.15, 0.2) is 10.7 Å². The molecule has 0 N–H and O–H groups in total. The zero-order valence-electron chi connectivity index (χ0n) is 3.98. The summed E-state index contributed by atoms with van der Waals surface area (Å²) < 4.78 is 5.12. The van der Waals surface area contributed by atoms with Gasteiger partial charge in [-0.15, -0.1) is 0 Å². The summed E-state index contributed by atoms with van der Waals surface area (Å²) in [7, 11) is 0. The van der Waals surface area contributed by atoms with E-state index in [0.29, 0.717) is 0 Å². The smallest absolute Gasteiger partial charge is 0.103 e. The molecule has 2 heteroatoms. The summed E-state index contributed by atoms with van der Waals surface area (Å²) >= 11 is 3.19. The molecule has 1 aliphatic rings. The molecule has 0 aromatic carbocycles. The number of halogens is 1. The van der Waals surface area contributed by atoms with E-state index < -0.39 is 0 Å². The Kier molecular flexibility index (Phi) is 1.74. The lowest BCUT2D eigenvalue weighted by Crippen LogP contribution is -1.74. The van der Waals surface area contributed by atoms with Gasteiger partial charge in [-0.2, -0.15) is 0 Å². The maximum absolute atomic E-state index is 5.12. The van der Waals surface area contributed by atoms with E-state index in [1.54, 1.807) is 0 Å². The zero-order valence-corrected chi connectivity index (χ0v) is 5.57. The van der Waals surface area contributed by atoms with E-state index >= 15 is 0 Å². The van der Waals surface area contributed by atoms with Crippen molar-refractivity contribution in [2.75, 3.05) is 6.61 Å². The van der Waals surface area contributed by atoms with Crippen LogP contribution in [-0.4, -0.2) is 6.61 Å². The Bertz CT molecular complexity index is 80.1. The first-order valence-electron chi connectivity index (χ1n) is 2.35. The summed E-state index contributed by atoms with van der Waals surface area (Å²) in [5.74, 6) is 1.08. The van der Waals surface area contributed by atoms with E-state index in [2.05, 4.69) is 15.9 Å². The number of hydrogen-bond acceptors (Lipinski definition) is 1. The van der Waals surface area contributed by atoms with Gasteiger partial charge in [-0.25, -0.2) is 0 Å². The molecule has 0 saturated carbocycles. The molecule has 0 aromatic heterocycles. The summed E-state index contributed by atoms with van der Waals surface area (Å²) in [6.07, 6.45) is 2.28. The third-order valence-corrected chi connectivity index (χ3v) is 1.49. The highest BCUT2D eigenvalue weighted by atomic mass is 79.9. The van der Waals surface area contributed by atoms with Crippen LogP contribution in [-0.2, 0) is 4.74 Å². The summed E-state index contributed by atoms with van der Waals surface area (Å²) in [6, 6.07) is 0. The van der Waals surface area contributed by atoms with Gasteiger partial charge in [0.05, 0.1) is 6.61 Å². The van der Waals surface area contributed by atoms with Crippen LogP contribution in [0, 0.1) is 0 Å². The fraction of sp³-hybridized carbons (Fsp3) is 0.600. The lowest BCUT2D eigenvalue weighted by molar-refractivity contribution is 0.264. The number of rotatable bonds is 0. The van der Waals surface area contributed by atoms with E-state index in [4.69, 9.17) is 4.74 Å². The van der Waals surface area contributed by atoms with E-state index in [1.165, 1.54) is 6.42 Å². The van der Waals surface area contributed by atoms with Crippen molar-refractivity contribution in [2.24, 2.45) is 0 Å². The van der Waals surface area contributed by atoms with Crippen LogP contribution in [0.25, 0.3) is 0 Å². The molecule has 0 radical (unpaired) electrons. The Balaban J connectivity index is 2.41. The van der Waals surface area contributed by atoms with Crippen LogP contribution in [0.2, 0.25) is 0 Å². The Morgan fingerprint density at radius 3 is 2.86 bits per heavy atom. The summed E-state index contributed by atoms with van der Waals surface area (Å²) in [5, 5.41) is 0. The molecule has 0 amide bonds. The highest BCUT2D eigenvalue weighted by Crippen LogP contribution is 2.16. The average Bonchev–Trinajstić information content (AvgIpc) is 2.14. The van der Waals surface area contributed by atoms with E-state index in [9.17, 15) is 0 Å². The third kappa shape index (κ3) is 1.20. The minimum atomic E-state index is 0.900. The molecule has 1 fully saturated rings. The molecular formula is C5H7BrO. The Morgan fingerprint density at radius 2 is 2.57 bits per heavy atom. The van der Waals surface area contributed by atoms with Gasteiger partial charge in [0.2, 0.25) is 0 Å². The zero-order chi connectivity index (χ0) is 5.11. The van der Waals surface area contributed by atoms with Crippen molar-refractivity contribution >= 4 is 15.9 Å². The predicted molar refractivity (Wildman–Crippen MR) is 32.2 cm³/mol. The van der Waals surface area contributed by atoms with Gasteiger partial charge in [0.1, 0.15) is 5.76 Å². The number of allylic oxidation sites excluding steroid dienone is 1. The van der Waals surface area contributed by atoms with Gasteiger partial charge in [-0.1, -0.05) is 15.9 Å². The monoisotopic (exact) mass is 162 g/mol. The van der Waals surface area contributed by atoms with Crippen LogP contribution in [0.4, 0.5) is 0 Å². The van der Waals surface area contributed by atoms with Gasteiger partial charge in [0.25, 0.3) is 0 Å². The molecule has 0 spiro atoms. The molecule has 1 heterocycles. The number of ether oxygens (including phenoxy) is 1. The summed E-state index contributed by atoms with van der Waals surface area (Å²) in [5.41, 5.74) is 0. The molecule has 1 nitrogen and oxygen atoms in total. The molecule has 0 atom stereocenters. The van der Waals surface area contributed by atoms with E-state index in [1.807, 2.05) is 4.99 Å². The topological polar surface area (TPSA) is 9.23 Å². The lowest BCUT2D eigenvalue weighted by Gasteiger charge is -1.90. The van der Waals surface area contributed by atoms with E-state index in [-0.39, 0.29) is 0 Å². The largest absolute Gasteiger partial charge is 0.497 e. The average molecular weight is 163 g/mol. The van der Waals surface area contributed by atoms with Crippen molar-refractivity contribution in [3.8, 4) is 0 Å². The standard InChI is InChI=1S/C5H7BrO/c6-4-5-2-1-3-7-5/h4H,1-3H2. The second kappa shape index (κ2) is 2.36. The first-order valence-corrected chi connectivity index (χ1v) is 3.27. The van der Waals surface area contributed by atoms with Gasteiger partial charge in [0.15, 0.2) is 0 Å². The third-order valence-electron chi connectivity index (χ3n) is 0.977. The van der Waals surface area contributed by atoms with Gasteiger partial charge < -0.3 is 4.74 Å². The Morgan fingerprint density at radius 1 is 1.71 bits per heavy atom. The van der Waals surface area contributed by atoms with Crippen molar-refractivity contribution in [1.29, 1.82) is 0 Å². The molecule has 40 valence electrons. The van der Waals surface area contributed by atoms with Crippen molar-refractivity contribution < 1.29 is 4.74 Å². The molecule has 0 unspecified atom stereocenters. The van der Waals surface area contributed by atoms with Gasteiger partial charge >= 0.3 is 0 Å². The first kappa shape index (κ1) is 5.16. The van der Waals surface area contributed by atoms with Crippen molar-refractivity contribution in [3.05, 3.63) is 10.7 Å². The summed E-state index contributed by atoms with van der Waals surface area (Å²) in [4.78, 5) is 1.85. The van der Waals surface area contributed by atoms with Gasteiger partial charge in [-0.3, -0.25) is 0 Å². The highest BCUT2D eigenvalue weighted by molar-refractivity contribution is 9.11. The SMILES string of the molecule is BrC=C1CCCO1. The van der Waals surface area contributed by atoms with Crippen LogP contribution < -0.4 is 0 Å². The molecule has 1 saturated heterocycles. The highest BCUT2D eigenvalue weighted by Gasteiger charge is 2.04.